The van der Waals surface area contributed by atoms with Crippen LogP contribution in [-0.4, -0.2) is 52.0 Å². The molecule has 0 aromatic carbocycles. The van der Waals surface area contributed by atoms with Crippen LogP contribution >= 0.6 is 0 Å². The van der Waals surface area contributed by atoms with E-state index in [0.29, 0.717) is 13.2 Å². The molecule has 0 aliphatic heterocycles. The Labute approximate surface area is 108 Å². The van der Waals surface area contributed by atoms with Crippen LogP contribution < -0.4 is 5.32 Å². The SMILES string of the molecule is CC[C@@H](C)[C@@H](NC(=O)COCCOC)C(=O)OC. The van der Waals surface area contributed by atoms with Gasteiger partial charge in [-0.25, -0.2) is 4.79 Å². The monoisotopic (exact) mass is 261 g/mol. The van der Waals surface area contributed by atoms with Gasteiger partial charge in [-0.3, -0.25) is 4.79 Å². The van der Waals surface area contributed by atoms with Gasteiger partial charge in [0.05, 0.1) is 20.3 Å². The number of nitrogens with one attached hydrogen (secondary N) is 1. The average molecular weight is 261 g/mol. The van der Waals surface area contributed by atoms with Crippen LogP contribution in [0.2, 0.25) is 0 Å². The molecular weight excluding hydrogens is 238 g/mol. The number of methoxy groups -OCH3 is 2. The number of rotatable bonds is 9. The van der Waals surface area contributed by atoms with Crippen LogP contribution in [0.15, 0.2) is 0 Å². The predicted molar refractivity (Wildman–Crippen MR) is 66.1 cm³/mol. The van der Waals surface area contributed by atoms with E-state index in [1.807, 2.05) is 13.8 Å². The fourth-order valence-corrected chi connectivity index (χ4v) is 1.32. The molecule has 0 aliphatic rings. The maximum Gasteiger partial charge on any atom is 0.328 e. The molecule has 0 saturated heterocycles. The van der Waals surface area contributed by atoms with Gasteiger partial charge in [0.1, 0.15) is 12.6 Å². The summed E-state index contributed by atoms with van der Waals surface area (Å²) in [6.07, 6.45) is 0.768. The van der Waals surface area contributed by atoms with Crippen molar-refractivity contribution in [2.45, 2.75) is 26.3 Å². The summed E-state index contributed by atoms with van der Waals surface area (Å²) in [5, 5.41) is 2.62. The lowest BCUT2D eigenvalue weighted by Crippen LogP contribution is -2.47. The smallest absolute Gasteiger partial charge is 0.328 e. The Balaban J connectivity index is 4.15. The predicted octanol–water partition coefficient (Wildman–Crippen LogP) is 0.353. The molecule has 106 valence electrons. The fraction of sp³-hybridized carbons (Fsp3) is 0.833. The normalized spacial score (nSPS) is 13.8. The summed E-state index contributed by atoms with van der Waals surface area (Å²) in [6.45, 7) is 4.51. The Kier molecular flexibility index (Phi) is 9.22. The number of esters is 1. The Hall–Kier alpha value is -1.14. The zero-order valence-corrected chi connectivity index (χ0v) is 11.5. The first kappa shape index (κ1) is 16.9. The summed E-state index contributed by atoms with van der Waals surface area (Å²) in [5.74, 6) is -0.753. The summed E-state index contributed by atoms with van der Waals surface area (Å²) < 4.78 is 14.5. The zero-order valence-electron chi connectivity index (χ0n) is 11.5. The van der Waals surface area contributed by atoms with Crippen LogP contribution in [0.25, 0.3) is 0 Å². The van der Waals surface area contributed by atoms with E-state index in [0.717, 1.165) is 6.42 Å². The minimum Gasteiger partial charge on any atom is -0.467 e. The molecule has 1 amide bonds. The zero-order chi connectivity index (χ0) is 14.0. The molecule has 0 aliphatic carbocycles. The third-order valence-corrected chi connectivity index (χ3v) is 2.65. The Morgan fingerprint density at radius 2 is 1.89 bits per heavy atom. The van der Waals surface area contributed by atoms with Crippen molar-refractivity contribution >= 4 is 11.9 Å². The molecule has 0 spiro atoms. The van der Waals surface area contributed by atoms with Crippen LogP contribution in [0.3, 0.4) is 0 Å². The van der Waals surface area contributed by atoms with Gasteiger partial charge in [0.2, 0.25) is 5.91 Å². The Morgan fingerprint density at radius 1 is 1.22 bits per heavy atom. The van der Waals surface area contributed by atoms with Crippen molar-refractivity contribution in [2.75, 3.05) is 34.0 Å². The molecule has 2 atom stereocenters. The van der Waals surface area contributed by atoms with Gasteiger partial charge in [-0.2, -0.15) is 0 Å². The first-order chi connectivity index (χ1) is 8.56. The molecule has 0 heterocycles. The standard InChI is InChI=1S/C12H23NO5/c1-5-9(2)11(12(15)17-4)13-10(14)8-18-7-6-16-3/h9,11H,5-8H2,1-4H3,(H,13,14)/t9-,11-/m1/s1. The van der Waals surface area contributed by atoms with Crippen molar-refractivity contribution in [1.82, 2.24) is 5.32 Å². The van der Waals surface area contributed by atoms with Crippen LogP contribution in [0, 0.1) is 5.92 Å². The average Bonchev–Trinajstić information content (AvgIpc) is 2.39. The van der Waals surface area contributed by atoms with Crippen molar-refractivity contribution in [3.05, 3.63) is 0 Å². The lowest BCUT2D eigenvalue weighted by molar-refractivity contribution is -0.147. The molecule has 6 nitrogen and oxygen atoms in total. The number of hydrogen-bond donors (Lipinski definition) is 1. The maximum atomic E-state index is 11.6. The van der Waals surface area contributed by atoms with E-state index in [1.165, 1.54) is 7.11 Å². The Morgan fingerprint density at radius 3 is 2.39 bits per heavy atom. The largest absolute Gasteiger partial charge is 0.467 e. The molecule has 18 heavy (non-hydrogen) atoms. The summed E-state index contributed by atoms with van der Waals surface area (Å²) in [7, 11) is 2.86. The van der Waals surface area contributed by atoms with Crippen molar-refractivity contribution in [3.8, 4) is 0 Å². The molecule has 6 heteroatoms. The molecule has 0 aromatic heterocycles. The highest BCUT2D eigenvalue weighted by Gasteiger charge is 2.26. The number of carbonyl (C=O) groups excluding carboxylic acids is 2. The molecule has 1 N–H and O–H groups in total. The summed E-state index contributed by atoms with van der Waals surface area (Å²) in [4.78, 5) is 23.1. The summed E-state index contributed by atoms with van der Waals surface area (Å²) in [5.41, 5.74) is 0. The van der Waals surface area contributed by atoms with Gasteiger partial charge >= 0.3 is 5.97 Å². The molecule has 0 saturated carbocycles. The number of ether oxygens (including phenoxy) is 3. The number of hydrogen-bond acceptors (Lipinski definition) is 5. The van der Waals surface area contributed by atoms with E-state index >= 15 is 0 Å². The Bertz CT molecular complexity index is 257. The van der Waals surface area contributed by atoms with Crippen molar-refractivity contribution in [3.63, 3.8) is 0 Å². The molecular formula is C12H23NO5. The van der Waals surface area contributed by atoms with Crippen molar-refractivity contribution in [2.24, 2.45) is 5.92 Å². The summed E-state index contributed by atoms with van der Waals surface area (Å²) >= 11 is 0. The van der Waals surface area contributed by atoms with Crippen LogP contribution in [0.5, 0.6) is 0 Å². The highest BCUT2D eigenvalue weighted by atomic mass is 16.5. The molecule has 0 rings (SSSR count). The van der Waals surface area contributed by atoms with Gasteiger partial charge in [-0.15, -0.1) is 0 Å². The second-order valence-corrected chi connectivity index (χ2v) is 4.00. The minimum atomic E-state index is -0.626. The first-order valence-corrected chi connectivity index (χ1v) is 6.00. The van der Waals surface area contributed by atoms with Gasteiger partial charge in [-0.05, 0) is 5.92 Å². The van der Waals surface area contributed by atoms with Crippen molar-refractivity contribution < 1.29 is 23.8 Å². The lowest BCUT2D eigenvalue weighted by Gasteiger charge is -2.21. The third kappa shape index (κ3) is 6.56. The van der Waals surface area contributed by atoms with Gasteiger partial charge in [0, 0.05) is 7.11 Å². The third-order valence-electron chi connectivity index (χ3n) is 2.65. The maximum absolute atomic E-state index is 11.6. The van der Waals surface area contributed by atoms with E-state index in [4.69, 9.17) is 9.47 Å². The van der Waals surface area contributed by atoms with Crippen molar-refractivity contribution in [1.29, 1.82) is 0 Å². The van der Waals surface area contributed by atoms with E-state index in [-0.39, 0.29) is 18.4 Å². The minimum absolute atomic E-state index is 0.0142. The fourth-order valence-electron chi connectivity index (χ4n) is 1.32. The first-order valence-electron chi connectivity index (χ1n) is 6.00. The summed E-state index contributed by atoms with van der Waals surface area (Å²) in [6, 6.07) is -0.626. The van der Waals surface area contributed by atoms with Crippen LogP contribution in [-0.2, 0) is 23.8 Å². The molecule has 0 fully saturated rings. The highest BCUT2D eigenvalue weighted by Crippen LogP contribution is 2.09. The lowest BCUT2D eigenvalue weighted by atomic mass is 9.99. The number of carbonyl (C=O) groups is 2. The van der Waals surface area contributed by atoms with Gasteiger partial charge in [-0.1, -0.05) is 20.3 Å². The number of amides is 1. The van der Waals surface area contributed by atoms with Gasteiger partial charge in [0.25, 0.3) is 0 Å². The van der Waals surface area contributed by atoms with Gasteiger partial charge in [0.15, 0.2) is 0 Å². The molecule has 0 aromatic rings. The molecule has 0 unspecified atom stereocenters. The van der Waals surface area contributed by atoms with E-state index in [1.54, 1.807) is 7.11 Å². The molecule has 0 bridgehead atoms. The van der Waals surface area contributed by atoms with Gasteiger partial charge < -0.3 is 19.5 Å². The van der Waals surface area contributed by atoms with E-state index in [9.17, 15) is 9.59 Å². The molecule has 0 radical (unpaired) electrons. The second-order valence-electron chi connectivity index (χ2n) is 4.00. The quantitative estimate of drug-likeness (QED) is 0.479. The second kappa shape index (κ2) is 9.85. The topological polar surface area (TPSA) is 73.9 Å². The van der Waals surface area contributed by atoms with E-state index < -0.39 is 12.0 Å². The van der Waals surface area contributed by atoms with Crippen LogP contribution in [0.1, 0.15) is 20.3 Å². The van der Waals surface area contributed by atoms with E-state index in [2.05, 4.69) is 10.1 Å². The van der Waals surface area contributed by atoms with Crippen LogP contribution in [0.4, 0.5) is 0 Å². The highest BCUT2D eigenvalue weighted by molar-refractivity contribution is 5.85.